The number of hydrogen-bond acceptors (Lipinski definition) is 4. The quantitative estimate of drug-likeness (QED) is 0.0887. The van der Waals surface area contributed by atoms with E-state index >= 15 is 0 Å². The zero-order chi connectivity index (χ0) is 30.6. The Kier molecular flexibility index (Phi) is 18.4. The molecule has 0 radical (unpaired) electrons. The van der Waals surface area contributed by atoms with Crippen LogP contribution in [0.4, 0.5) is 0 Å². The highest BCUT2D eigenvalue weighted by atomic mass is 31.2. The molecule has 0 heterocycles. The van der Waals surface area contributed by atoms with Crippen molar-refractivity contribution in [3.8, 4) is 11.5 Å². The fraction of sp³-hybridized carbons (Fsp3) is 0.676. The van der Waals surface area contributed by atoms with E-state index in [9.17, 15) is 0 Å². The van der Waals surface area contributed by atoms with Crippen LogP contribution < -0.4 is 9.26 Å². The molecule has 0 fully saturated rings. The van der Waals surface area contributed by atoms with Crippen molar-refractivity contribution in [1.82, 2.24) is 0 Å². The first-order chi connectivity index (χ1) is 20.2. The molecule has 2 aromatic rings. The van der Waals surface area contributed by atoms with Gasteiger partial charge in [0.25, 0.3) is 0 Å². The molecule has 4 nitrogen and oxygen atoms in total. The molecule has 0 aliphatic carbocycles. The molecule has 42 heavy (non-hydrogen) atoms. The Morgan fingerprint density at radius 1 is 0.619 bits per heavy atom. The molecule has 0 N–H and O–H groups in total. The minimum Gasteiger partial charge on any atom is -0.490 e. The van der Waals surface area contributed by atoms with E-state index in [1.54, 1.807) is 0 Å². The minimum absolute atomic E-state index is 0.159. The first-order valence-electron chi connectivity index (χ1n) is 16.8. The van der Waals surface area contributed by atoms with Gasteiger partial charge in [0.15, 0.2) is 11.5 Å². The van der Waals surface area contributed by atoms with E-state index in [4.69, 9.17) is 18.3 Å². The standard InChI is InChI=1S/C37H61O4P/c1-8-38-36-30-34(37(6,7)33-24-18-15-19-25-33)26-27-35(36)41-42(39-28-20-13-9-11-16-22-31(2)3)40-29-21-14-10-12-17-23-32(4)5/h15,18-19,24-27,30-32H,8-14,16-17,20-23,28-29H2,1-7H3. The zero-order valence-electron chi connectivity index (χ0n) is 28.0. The number of rotatable bonds is 24. The van der Waals surface area contributed by atoms with E-state index in [1.807, 2.05) is 13.0 Å². The van der Waals surface area contributed by atoms with Crippen molar-refractivity contribution < 1.29 is 18.3 Å². The summed E-state index contributed by atoms with van der Waals surface area (Å²) < 4.78 is 24.9. The molecule has 238 valence electrons. The minimum atomic E-state index is -1.50. The maximum absolute atomic E-state index is 6.41. The highest BCUT2D eigenvalue weighted by Gasteiger charge is 2.25. The van der Waals surface area contributed by atoms with Crippen molar-refractivity contribution in [1.29, 1.82) is 0 Å². The summed E-state index contributed by atoms with van der Waals surface area (Å²) in [6.45, 7) is 17.6. The third kappa shape index (κ3) is 14.7. The summed E-state index contributed by atoms with van der Waals surface area (Å²) in [6.07, 6.45) is 14.9. The SMILES string of the molecule is CCOc1cc(C(C)(C)c2ccccc2)ccc1OP(OCCCCCCCC(C)C)OCCCCCCCC(C)C. The van der Waals surface area contributed by atoms with Crippen LogP contribution >= 0.6 is 8.60 Å². The van der Waals surface area contributed by atoms with Gasteiger partial charge in [-0.25, -0.2) is 0 Å². The van der Waals surface area contributed by atoms with Gasteiger partial charge in [0.1, 0.15) is 0 Å². The van der Waals surface area contributed by atoms with E-state index in [2.05, 4.69) is 84.0 Å². The Hall–Kier alpha value is -1.61. The van der Waals surface area contributed by atoms with Crippen molar-refractivity contribution in [2.45, 2.75) is 131 Å². The first kappa shape index (κ1) is 36.6. The molecule has 0 spiro atoms. The van der Waals surface area contributed by atoms with Gasteiger partial charge in [-0.15, -0.1) is 0 Å². The van der Waals surface area contributed by atoms with Crippen LogP contribution in [-0.4, -0.2) is 19.8 Å². The molecular formula is C37H61O4P. The molecule has 0 aliphatic heterocycles. The molecule has 0 bridgehead atoms. The average molecular weight is 601 g/mol. The lowest BCUT2D eigenvalue weighted by molar-refractivity contribution is 0.196. The lowest BCUT2D eigenvalue weighted by atomic mass is 9.78. The second-order valence-electron chi connectivity index (χ2n) is 13.0. The fourth-order valence-electron chi connectivity index (χ4n) is 5.08. The summed E-state index contributed by atoms with van der Waals surface area (Å²) in [7, 11) is -1.50. The topological polar surface area (TPSA) is 36.9 Å². The fourth-order valence-corrected chi connectivity index (χ4v) is 6.13. The van der Waals surface area contributed by atoms with Crippen LogP contribution in [0.25, 0.3) is 0 Å². The van der Waals surface area contributed by atoms with Crippen molar-refractivity contribution in [2.24, 2.45) is 11.8 Å². The number of ether oxygens (including phenoxy) is 1. The van der Waals surface area contributed by atoms with E-state index < -0.39 is 8.60 Å². The van der Waals surface area contributed by atoms with E-state index in [-0.39, 0.29) is 5.41 Å². The van der Waals surface area contributed by atoms with Gasteiger partial charge in [-0.2, -0.15) is 0 Å². The van der Waals surface area contributed by atoms with Crippen LogP contribution in [0.3, 0.4) is 0 Å². The van der Waals surface area contributed by atoms with Gasteiger partial charge in [0.05, 0.1) is 19.8 Å². The summed E-state index contributed by atoms with van der Waals surface area (Å²) in [5.74, 6) is 3.03. The van der Waals surface area contributed by atoms with Crippen LogP contribution in [0.5, 0.6) is 11.5 Å². The molecule has 0 unspecified atom stereocenters. The smallest absolute Gasteiger partial charge is 0.397 e. The third-order valence-electron chi connectivity index (χ3n) is 7.88. The number of unbranched alkanes of at least 4 members (excludes halogenated alkanes) is 8. The molecule has 2 aromatic carbocycles. The second-order valence-corrected chi connectivity index (χ2v) is 14.1. The largest absolute Gasteiger partial charge is 0.490 e. The van der Waals surface area contributed by atoms with E-state index in [0.717, 1.165) is 30.4 Å². The molecule has 0 aliphatic rings. The van der Waals surface area contributed by atoms with Crippen LogP contribution in [0.2, 0.25) is 0 Å². The number of benzene rings is 2. The zero-order valence-corrected chi connectivity index (χ0v) is 28.9. The predicted molar refractivity (Wildman–Crippen MR) is 181 cm³/mol. The third-order valence-corrected chi connectivity index (χ3v) is 9.01. The lowest BCUT2D eigenvalue weighted by Gasteiger charge is -2.27. The summed E-state index contributed by atoms with van der Waals surface area (Å²) >= 11 is 0. The van der Waals surface area contributed by atoms with Gasteiger partial charge in [0.2, 0.25) is 0 Å². The van der Waals surface area contributed by atoms with Gasteiger partial charge in [-0.1, -0.05) is 142 Å². The van der Waals surface area contributed by atoms with Gasteiger partial charge >= 0.3 is 8.60 Å². The van der Waals surface area contributed by atoms with Crippen LogP contribution in [-0.2, 0) is 14.5 Å². The van der Waals surface area contributed by atoms with Gasteiger partial charge in [-0.05, 0) is 54.9 Å². The van der Waals surface area contributed by atoms with E-state index in [0.29, 0.717) is 25.6 Å². The highest BCUT2D eigenvalue weighted by molar-refractivity contribution is 7.42. The van der Waals surface area contributed by atoms with E-state index in [1.165, 1.54) is 75.3 Å². The monoisotopic (exact) mass is 600 g/mol. The first-order valence-corrected chi connectivity index (χ1v) is 17.9. The molecular weight excluding hydrogens is 539 g/mol. The molecule has 0 aromatic heterocycles. The van der Waals surface area contributed by atoms with Crippen molar-refractivity contribution in [2.75, 3.05) is 19.8 Å². The van der Waals surface area contributed by atoms with Crippen LogP contribution in [0.1, 0.15) is 137 Å². The van der Waals surface area contributed by atoms with Gasteiger partial charge in [0, 0.05) is 5.41 Å². The lowest BCUT2D eigenvalue weighted by Crippen LogP contribution is -2.19. The van der Waals surface area contributed by atoms with Gasteiger partial charge < -0.3 is 18.3 Å². The molecule has 2 rings (SSSR count). The molecule has 0 saturated carbocycles. The van der Waals surface area contributed by atoms with Gasteiger partial charge in [-0.3, -0.25) is 0 Å². The Labute approximate surface area is 260 Å². The summed E-state index contributed by atoms with van der Waals surface area (Å²) in [6, 6.07) is 16.9. The van der Waals surface area contributed by atoms with Crippen molar-refractivity contribution in [3.05, 3.63) is 59.7 Å². The van der Waals surface area contributed by atoms with Crippen LogP contribution in [0.15, 0.2) is 48.5 Å². The Morgan fingerprint density at radius 3 is 1.67 bits per heavy atom. The molecule has 0 saturated heterocycles. The normalized spacial score (nSPS) is 12.0. The van der Waals surface area contributed by atoms with Crippen LogP contribution in [0, 0.1) is 11.8 Å². The average Bonchev–Trinajstić information content (AvgIpc) is 2.96. The Morgan fingerprint density at radius 2 is 1.14 bits per heavy atom. The highest BCUT2D eigenvalue weighted by Crippen LogP contribution is 2.46. The molecule has 0 atom stereocenters. The maximum Gasteiger partial charge on any atom is 0.397 e. The number of hydrogen-bond donors (Lipinski definition) is 0. The Balaban J connectivity index is 1.98. The Bertz CT molecular complexity index is 920. The summed E-state index contributed by atoms with van der Waals surface area (Å²) in [5.41, 5.74) is 2.29. The molecule has 5 heteroatoms. The summed E-state index contributed by atoms with van der Waals surface area (Å²) in [4.78, 5) is 0. The second kappa shape index (κ2) is 21.2. The predicted octanol–water partition coefficient (Wildman–Crippen LogP) is 12.0. The summed E-state index contributed by atoms with van der Waals surface area (Å²) in [5, 5.41) is 0. The van der Waals surface area contributed by atoms with Crippen molar-refractivity contribution in [3.63, 3.8) is 0 Å². The maximum atomic E-state index is 6.41. The molecule has 0 amide bonds. The van der Waals surface area contributed by atoms with Crippen molar-refractivity contribution >= 4 is 8.60 Å².